The van der Waals surface area contributed by atoms with Crippen molar-refractivity contribution >= 4 is 27.5 Å². The number of benzene rings is 2. The number of hydrogen-bond acceptors (Lipinski definition) is 3. The summed E-state index contributed by atoms with van der Waals surface area (Å²) in [4.78, 5) is 13.5. The highest BCUT2D eigenvalue weighted by Crippen LogP contribution is 2.22. The molecule has 7 heteroatoms. The van der Waals surface area contributed by atoms with E-state index in [1.807, 2.05) is 24.3 Å². The molecule has 1 amide bonds. The van der Waals surface area contributed by atoms with Crippen molar-refractivity contribution < 1.29 is 13.2 Å². The summed E-state index contributed by atoms with van der Waals surface area (Å²) in [5.41, 5.74) is 2.97. The molecule has 5 nitrogen and oxygen atoms in total. The van der Waals surface area contributed by atoms with Crippen molar-refractivity contribution in [1.29, 1.82) is 0 Å². The van der Waals surface area contributed by atoms with E-state index in [9.17, 15) is 13.2 Å². The van der Waals surface area contributed by atoms with Gasteiger partial charge in [-0.3, -0.25) is 4.79 Å². The highest BCUT2D eigenvalue weighted by molar-refractivity contribution is 7.89. The van der Waals surface area contributed by atoms with Crippen LogP contribution in [0.4, 0.5) is 0 Å². The average Bonchev–Trinajstić information content (AvgIpc) is 2.60. The van der Waals surface area contributed by atoms with Gasteiger partial charge in [-0.25, -0.2) is 13.1 Å². The molecule has 0 spiro atoms. The van der Waals surface area contributed by atoms with E-state index in [0.29, 0.717) is 31.1 Å². The molecule has 3 rings (SSSR count). The monoisotopic (exact) mass is 392 g/mol. The molecule has 1 aliphatic heterocycles. The molecule has 0 radical (unpaired) electrons. The van der Waals surface area contributed by atoms with Gasteiger partial charge in [-0.2, -0.15) is 0 Å². The first-order valence-corrected chi connectivity index (χ1v) is 10.3. The van der Waals surface area contributed by atoms with Gasteiger partial charge in [-0.1, -0.05) is 29.8 Å². The minimum absolute atomic E-state index is 0.00329. The second-order valence-electron chi connectivity index (χ2n) is 6.40. The Labute approximate surface area is 159 Å². The Morgan fingerprint density at radius 2 is 2.00 bits per heavy atom. The Balaban J connectivity index is 1.69. The molecule has 2 aromatic carbocycles. The number of fused-ring (bicyclic) bond motifs is 1. The van der Waals surface area contributed by atoms with Crippen LogP contribution in [0.3, 0.4) is 0 Å². The molecule has 2 aromatic rings. The predicted octanol–water partition coefficient (Wildman–Crippen LogP) is 2.77. The number of halogens is 1. The van der Waals surface area contributed by atoms with Gasteiger partial charge in [0.2, 0.25) is 15.9 Å². The molecule has 1 N–H and O–H groups in total. The van der Waals surface area contributed by atoms with E-state index in [2.05, 4.69) is 4.72 Å². The molecular weight excluding hydrogens is 372 g/mol. The maximum absolute atomic E-state index is 12.6. The normalized spacial score (nSPS) is 14.2. The van der Waals surface area contributed by atoms with Crippen LogP contribution in [0.1, 0.15) is 23.6 Å². The predicted molar refractivity (Wildman–Crippen MR) is 102 cm³/mol. The lowest BCUT2D eigenvalue weighted by Crippen LogP contribution is -2.34. The number of carbonyl (C=O) groups is 1. The molecule has 0 saturated heterocycles. The Hall–Kier alpha value is -1.89. The third-order valence-corrected chi connectivity index (χ3v) is 6.23. The lowest BCUT2D eigenvalue weighted by atomic mass is 10.00. The summed E-state index contributed by atoms with van der Waals surface area (Å²) >= 11 is 5.94. The minimum Gasteiger partial charge on any atom is -0.338 e. The molecule has 138 valence electrons. The van der Waals surface area contributed by atoms with Gasteiger partial charge in [-0.15, -0.1) is 0 Å². The van der Waals surface area contributed by atoms with Crippen LogP contribution < -0.4 is 4.72 Å². The zero-order valence-corrected chi connectivity index (χ0v) is 16.1. The molecule has 26 heavy (non-hydrogen) atoms. The summed E-state index contributed by atoms with van der Waals surface area (Å²) < 4.78 is 27.8. The van der Waals surface area contributed by atoms with Gasteiger partial charge in [0.1, 0.15) is 0 Å². The molecule has 0 aromatic heterocycles. The molecule has 0 unspecified atom stereocenters. The molecule has 0 bridgehead atoms. The fourth-order valence-electron chi connectivity index (χ4n) is 3.07. The van der Waals surface area contributed by atoms with E-state index in [4.69, 9.17) is 11.6 Å². The number of carbonyl (C=O) groups excluding carboxylic acids is 1. The third-order valence-electron chi connectivity index (χ3n) is 4.54. The van der Waals surface area contributed by atoms with Crippen molar-refractivity contribution in [2.45, 2.75) is 31.2 Å². The van der Waals surface area contributed by atoms with Crippen molar-refractivity contribution in [3.8, 4) is 0 Å². The maximum atomic E-state index is 12.6. The summed E-state index contributed by atoms with van der Waals surface area (Å²) in [5.74, 6) is 0.00329. The Kier molecular flexibility index (Phi) is 5.65. The number of amides is 1. The zero-order chi connectivity index (χ0) is 18.7. The van der Waals surface area contributed by atoms with Gasteiger partial charge in [0.25, 0.3) is 0 Å². The van der Waals surface area contributed by atoms with Crippen LogP contribution in [0.15, 0.2) is 47.4 Å². The van der Waals surface area contributed by atoms with Gasteiger partial charge in [0.05, 0.1) is 4.90 Å². The fourth-order valence-corrected chi connectivity index (χ4v) is 4.37. The second-order valence-corrected chi connectivity index (χ2v) is 8.60. The molecule has 0 aliphatic carbocycles. The highest BCUT2D eigenvalue weighted by atomic mass is 35.5. The SMILES string of the molecule is CC(=O)N1CCc2ccc(S(=O)(=O)NCCc3cccc(Cl)c3)cc2C1. The zero-order valence-electron chi connectivity index (χ0n) is 14.5. The summed E-state index contributed by atoms with van der Waals surface area (Å²) in [5, 5.41) is 0.634. The Morgan fingerprint density at radius 3 is 2.73 bits per heavy atom. The van der Waals surface area contributed by atoms with Gasteiger partial charge in [0.15, 0.2) is 0 Å². The van der Waals surface area contributed by atoms with Crippen LogP contribution in [-0.2, 0) is 34.2 Å². The van der Waals surface area contributed by atoms with Crippen molar-refractivity contribution in [2.75, 3.05) is 13.1 Å². The van der Waals surface area contributed by atoms with Crippen LogP contribution in [0, 0.1) is 0 Å². The van der Waals surface area contributed by atoms with Crippen molar-refractivity contribution in [2.24, 2.45) is 0 Å². The third kappa shape index (κ3) is 4.44. The van der Waals surface area contributed by atoms with E-state index in [0.717, 1.165) is 23.1 Å². The van der Waals surface area contributed by atoms with Crippen LogP contribution >= 0.6 is 11.6 Å². The summed E-state index contributed by atoms with van der Waals surface area (Å²) in [6, 6.07) is 12.5. The van der Waals surface area contributed by atoms with E-state index in [1.165, 1.54) is 6.92 Å². The summed E-state index contributed by atoms with van der Waals surface area (Å²) in [7, 11) is -3.60. The van der Waals surface area contributed by atoms with E-state index in [1.54, 1.807) is 23.1 Å². The van der Waals surface area contributed by atoms with Gasteiger partial charge in [0, 0.05) is 31.6 Å². The quantitative estimate of drug-likeness (QED) is 0.850. The standard InChI is InChI=1S/C19H21ClN2O3S/c1-14(23)22-10-8-16-5-6-19(12-17(16)13-22)26(24,25)21-9-7-15-3-2-4-18(20)11-15/h2-6,11-12,21H,7-10,13H2,1H3. The molecule has 0 atom stereocenters. The van der Waals surface area contributed by atoms with Gasteiger partial charge < -0.3 is 4.90 Å². The molecule has 0 fully saturated rings. The Morgan fingerprint density at radius 1 is 1.19 bits per heavy atom. The van der Waals surface area contributed by atoms with E-state index < -0.39 is 10.0 Å². The lowest BCUT2D eigenvalue weighted by Gasteiger charge is -2.28. The molecular formula is C19H21ClN2O3S. The number of nitrogens with zero attached hydrogens (tertiary/aromatic N) is 1. The number of sulfonamides is 1. The van der Waals surface area contributed by atoms with Crippen molar-refractivity contribution in [3.05, 3.63) is 64.2 Å². The van der Waals surface area contributed by atoms with E-state index >= 15 is 0 Å². The van der Waals surface area contributed by atoms with Gasteiger partial charge >= 0.3 is 0 Å². The lowest BCUT2D eigenvalue weighted by molar-refractivity contribution is -0.129. The number of rotatable bonds is 5. The largest absolute Gasteiger partial charge is 0.338 e. The number of nitrogens with one attached hydrogen (secondary N) is 1. The smallest absolute Gasteiger partial charge is 0.240 e. The molecule has 1 aliphatic rings. The first kappa shape index (κ1) is 18.9. The van der Waals surface area contributed by atoms with Crippen LogP contribution in [-0.4, -0.2) is 32.3 Å². The van der Waals surface area contributed by atoms with Crippen molar-refractivity contribution in [3.63, 3.8) is 0 Å². The number of hydrogen-bond donors (Lipinski definition) is 1. The molecule has 0 saturated carbocycles. The maximum Gasteiger partial charge on any atom is 0.240 e. The summed E-state index contributed by atoms with van der Waals surface area (Å²) in [6.07, 6.45) is 1.31. The highest BCUT2D eigenvalue weighted by Gasteiger charge is 2.21. The van der Waals surface area contributed by atoms with E-state index in [-0.39, 0.29) is 10.8 Å². The molecule has 1 heterocycles. The van der Waals surface area contributed by atoms with Gasteiger partial charge in [-0.05, 0) is 53.8 Å². The fraction of sp³-hybridized carbons (Fsp3) is 0.316. The Bertz CT molecular complexity index is 928. The summed E-state index contributed by atoms with van der Waals surface area (Å²) in [6.45, 7) is 2.95. The minimum atomic E-state index is -3.60. The first-order chi connectivity index (χ1) is 12.3. The topological polar surface area (TPSA) is 66.5 Å². The van der Waals surface area contributed by atoms with Crippen molar-refractivity contribution in [1.82, 2.24) is 9.62 Å². The first-order valence-electron chi connectivity index (χ1n) is 8.46. The average molecular weight is 393 g/mol. The van der Waals surface area contributed by atoms with Crippen LogP contribution in [0.5, 0.6) is 0 Å². The second kappa shape index (κ2) is 7.78. The van der Waals surface area contributed by atoms with Crippen LogP contribution in [0.2, 0.25) is 5.02 Å². The van der Waals surface area contributed by atoms with Crippen LogP contribution in [0.25, 0.3) is 0 Å².